The molecule has 0 spiro atoms. The molecule has 9 heteroatoms. The van der Waals surface area contributed by atoms with E-state index in [0.29, 0.717) is 41.8 Å². The Morgan fingerprint density at radius 2 is 2.07 bits per heavy atom. The number of rotatable bonds is 4. The first-order chi connectivity index (χ1) is 13.5. The molecule has 2 aliphatic rings. The van der Waals surface area contributed by atoms with Crippen LogP contribution in [0.2, 0.25) is 5.02 Å². The number of piperidine rings is 1. The van der Waals surface area contributed by atoms with Gasteiger partial charge in [0.15, 0.2) is 5.13 Å². The molecular formula is C19H23ClN4O3S. The number of nitrogens with two attached hydrogens (primary N) is 1. The number of thiazole rings is 1. The Morgan fingerprint density at radius 3 is 2.71 bits per heavy atom. The Bertz CT molecular complexity index is 853. The van der Waals surface area contributed by atoms with Crippen molar-refractivity contribution in [1.82, 2.24) is 9.88 Å². The van der Waals surface area contributed by atoms with Crippen LogP contribution in [0, 0.1) is 0 Å². The summed E-state index contributed by atoms with van der Waals surface area (Å²) in [5.41, 5.74) is 7.87. The molecule has 0 bridgehead atoms. The Balaban J connectivity index is 1.44. The van der Waals surface area contributed by atoms with Crippen LogP contribution in [0.15, 0.2) is 23.6 Å². The fraction of sp³-hybridized carbons (Fsp3) is 0.474. The van der Waals surface area contributed by atoms with Gasteiger partial charge in [0.05, 0.1) is 16.8 Å². The van der Waals surface area contributed by atoms with Gasteiger partial charge < -0.3 is 25.4 Å². The van der Waals surface area contributed by atoms with Crippen LogP contribution in [0.25, 0.3) is 0 Å². The number of hydrogen-bond donors (Lipinski definition) is 2. The molecule has 2 saturated heterocycles. The van der Waals surface area contributed by atoms with Gasteiger partial charge in [0.25, 0.3) is 0 Å². The van der Waals surface area contributed by atoms with E-state index in [9.17, 15) is 4.79 Å². The van der Waals surface area contributed by atoms with Crippen molar-refractivity contribution in [2.75, 3.05) is 30.3 Å². The second-order valence-electron chi connectivity index (χ2n) is 7.16. The lowest BCUT2D eigenvalue weighted by molar-refractivity contribution is 0.0895. The lowest BCUT2D eigenvalue weighted by Gasteiger charge is -2.31. The van der Waals surface area contributed by atoms with Crippen LogP contribution in [0.1, 0.15) is 37.4 Å². The molecule has 7 nitrogen and oxygen atoms in total. The fourth-order valence-electron chi connectivity index (χ4n) is 3.95. The van der Waals surface area contributed by atoms with Crippen molar-refractivity contribution in [2.24, 2.45) is 0 Å². The summed E-state index contributed by atoms with van der Waals surface area (Å²) in [5, 5.41) is 12.2. The predicted molar refractivity (Wildman–Crippen MR) is 111 cm³/mol. The van der Waals surface area contributed by atoms with Crippen molar-refractivity contribution in [3.05, 3.63) is 34.3 Å². The van der Waals surface area contributed by atoms with Crippen LogP contribution in [0.4, 0.5) is 15.6 Å². The molecule has 150 valence electrons. The first kappa shape index (κ1) is 19.1. The first-order valence-electron chi connectivity index (χ1n) is 9.43. The van der Waals surface area contributed by atoms with Gasteiger partial charge in [-0.15, -0.1) is 11.3 Å². The van der Waals surface area contributed by atoms with Crippen molar-refractivity contribution in [3.8, 4) is 5.75 Å². The number of ether oxygens (including phenoxy) is 1. The quantitative estimate of drug-likeness (QED) is 0.765. The zero-order chi connectivity index (χ0) is 19.7. The number of amides is 1. The standard InChI is InChI=1S/C19H23ClN4O3S/c20-14-10-12(24-7-1-2-16(24)15-11-28-18(21)22-15)3-4-17(14)27-13-5-8-23(9-6-13)19(25)26/h3-4,10-11,13,16H,1-2,5-9H2,(H2,21,22)(H,25,26)/t16-/m1/s1. The molecule has 1 atom stereocenters. The minimum Gasteiger partial charge on any atom is -0.489 e. The van der Waals surface area contributed by atoms with Crippen LogP contribution in [-0.4, -0.2) is 46.8 Å². The lowest BCUT2D eigenvalue weighted by Crippen LogP contribution is -2.41. The Kier molecular flexibility index (Phi) is 5.50. The van der Waals surface area contributed by atoms with E-state index in [1.54, 1.807) is 0 Å². The van der Waals surface area contributed by atoms with E-state index in [-0.39, 0.29) is 12.1 Å². The topological polar surface area (TPSA) is 91.9 Å². The third kappa shape index (κ3) is 3.98. The van der Waals surface area contributed by atoms with Gasteiger partial charge in [0, 0.05) is 43.5 Å². The van der Waals surface area contributed by atoms with Gasteiger partial charge in [0.1, 0.15) is 11.9 Å². The molecule has 1 amide bonds. The van der Waals surface area contributed by atoms with E-state index >= 15 is 0 Å². The second kappa shape index (κ2) is 8.05. The predicted octanol–water partition coefficient (Wildman–Crippen LogP) is 4.24. The van der Waals surface area contributed by atoms with E-state index in [2.05, 4.69) is 9.88 Å². The largest absolute Gasteiger partial charge is 0.489 e. The molecule has 2 fully saturated rings. The van der Waals surface area contributed by atoms with Gasteiger partial charge >= 0.3 is 6.09 Å². The maximum atomic E-state index is 11.0. The van der Waals surface area contributed by atoms with Gasteiger partial charge in [-0.05, 0) is 31.0 Å². The Hall–Kier alpha value is -2.19. The normalized spacial score (nSPS) is 20.5. The van der Waals surface area contributed by atoms with Gasteiger partial charge in [0.2, 0.25) is 0 Å². The highest BCUT2D eigenvalue weighted by molar-refractivity contribution is 7.13. The monoisotopic (exact) mass is 422 g/mol. The molecule has 2 aromatic rings. The number of carboxylic acid groups (broad SMARTS) is 1. The van der Waals surface area contributed by atoms with E-state index in [1.165, 1.54) is 16.2 Å². The van der Waals surface area contributed by atoms with Crippen LogP contribution in [-0.2, 0) is 0 Å². The second-order valence-corrected chi connectivity index (χ2v) is 8.46. The number of nitrogen functional groups attached to an aromatic ring is 1. The average Bonchev–Trinajstić information content (AvgIpc) is 3.32. The maximum absolute atomic E-state index is 11.0. The van der Waals surface area contributed by atoms with Crippen LogP contribution < -0.4 is 15.4 Å². The SMILES string of the molecule is Nc1nc([C@H]2CCCN2c2ccc(OC3CCN(C(=O)O)CC3)c(Cl)c2)cs1. The summed E-state index contributed by atoms with van der Waals surface area (Å²) >= 11 is 7.98. The number of aromatic nitrogens is 1. The summed E-state index contributed by atoms with van der Waals surface area (Å²) in [4.78, 5) is 19.2. The lowest BCUT2D eigenvalue weighted by atomic mass is 10.1. The Labute approximate surface area is 172 Å². The van der Waals surface area contributed by atoms with Gasteiger partial charge in [-0.1, -0.05) is 11.6 Å². The zero-order valence-electron chi connectivity index (χ0n) is 15.4. The molecule has 4 rings (SSSR count). The number of benzene rings is 1. The molecule has 2 aliphatic heterocycles. The first-order valence-corrected chi connectivity index (χ1v) is 10.7. The summed E-state index contributed by atoms with van der Waals surface area (Å²) in [5.74, 6) is 0.646. The summed E-state index contributed by atoms with van der Waals surface area (Å²) in [6.45, 7) is 1.93. The Morgan fingerprint density at radius 1 is 1.29 bits per heavy atom. The number of hydrogen-bond acceptors (Lipinski definition) is 6. The van der Waals surface area contributed by atoms with Crippen molar-refractivity contribution >= 4 is 39.8 Å². The molecule has 1 aromatic carbocycles. The molecule has 1 aromatic heterocycles. The molecule has 0 saturated carbocycles. The number of anilines is 2. The van der Waals surface area contributed by atoms with E-state index < -0.39 is 6.09 Å². The molecule has 3 heterocycles. The van der Waals surface area contributed by atoms with Crippen LogP contribution in [0.3, 0.4) is 0 Å². The fourth-order valence-corrected chi connectivity index (χ4v) is 4.77. The number of nitrogens with zero attached hydrogens (tertiary/aromatic N) is 3. The number of halogens is 1. The van der Waals surface area contributed by atoms with E-state index in [0.717, 1.165) is 30.8 Å². The molecule has 3 N–H and O–H groups in total. The number of likely N-dealkylation sites (tertiary alicyclic amines) is 1. The summed E-state index contributed by atoms with van der Waals surface area (Å²) in [7, 11) is 0. The van der Waals surface area contributed by atoms with Crippen molar-refractivity contribution < 1.29 is 14.6 Å². The number of carbonyl (C=O) groups is 1. The van der Waals surface area contributed by atoms with Gasteiger partial charge in [-0.2, -0.15) is 0 Å². The maximum Gasteiger partial charge on any atom is 0.407 e. The van der Waals surface area contributed by atoms with E-state index in [4.69, 9.17) is 27.2 Å². The molecule has 28 heavy (non-hydrogen) atoms. The minimum atomic E-state index is -0.872. The van der Waals surface area contributed by atoms with Crippen molar-refractivity contribution in [3.63, 3.8) is 0 Å². The highest BCUT2D eigenvalue weighted by Gasteiger charge is 2.29. The van der Waals surface area contributed by atoms with Crippen LogP contribution in [0.5, 0.6) is 5.75 Å². The summed E-state index contributed by atoms with van der Waals surface area (Å²) in [6.07, 6.45) is 2.59. The van der Waals surface area contributed by atoms with Gasteiger partial charge in [-0.3, -0.25) is 0 Å². The minimum absolute atomic E-state index is 0.0172. The molecular weight excluding hydrogens is 400 g/mol. The van der Waals surface area contributed by atoms with Gasteiger partial charge in [-0.25, -0.2) is 9.78 Å². The van der Waals surface area contributed by atoms with Crippen LogP contribution >= 0.6 is 22.9 Å². The highest BCUT2D eigenvalue weighted by Crippen LogP contribution is 2.39. The molecule has 0 radical (unpaired) electrons. The van der Waals surface area contributed by atoms with Crippen molar-refractivity contribution in [1.29, 1.82) is 0 Å². The molecule has 0 aliphatic carbocycles. The third-order valence-electron chi connectivity index (χ3n) is 5.39. The summed E-state index contributed by atoms with van der Waals surface area (Å²) < 4.78 is 6.05. The van der Waals surface area contributed by atoms with Crippen molar-refractivity contribution in [2.45, 2.75) is 37.8 Å². The zero-order valence-corrected chi connectivity index (χ0v) is 17.0. The third-order valence-corrected chi connectivity index (χ3v) is 6.37. The molecule has 0 unspecified atom stereocenters. The summed E-state index contributed by atoms with van der Waals surface area (Å²) in [6, 6.07) is 6.10. The smallest absolute Gasteiger partial charge is 0.407 e. The van der Waals surface area contributed by atoms with E-state index in [1.807, 2.05) is 23.6 Å². The average molecular weight is 423 g/mol. The highest BCUT2D eigenvalue weighted by atomic mass is 35.5.